The van der Waals surface area contributed by atoms with Gasteiger partial charge in [0.25, 0.3) is 0 Å². The van der Waals surface area contributed by atoms with E-state index < -0.39 is 47.9 Å². The summed E-state index contributed by atoms with van der Waals surface area (Å²) in [6, 6.07) is -3.48. The monoisotopic (exact) mass is 402 g/mol. The molecule has 5 unspecified atom stereocenters. The molecule has 9 nitrogen and oxygen atoms in total. The van der Waals surface area contributed by atoms with Crippen LogP contribution in [0.4, 0.5) is 0 Å². The highest BCUT2D eigenvalue weighted by atomic mass is 32.1. The average molecular weight is 403 g/mol. The molecule has 0 spiro atoms. The van der Waals surface area contributed by atoms with Crippen LogP contribution in [0.1, 0.15) is 40.0 Å². The van der Waals surface area contributed by atoms with Gasteiger partial charge in [0.1, 0.15) is 18.1 Å². The first-order valence-corrected chi connectivity index (χ1v) is 9.77. The Morgan fingerprint density at radius 2 is 1.85 bits per heavy atom. The third kappa shape index (κ3) is 6.10. The van der Waals surface area contributed by atoms with Crippen LogP contribution in [0.5, 0.6) is 0 Å². The second kappa shape index (κ2) is 10.5. The van der Waals surface area contributed by atoms with Crippen molar-refractivity contribution in [2.75, 3.05) is 12.3 Å². The standard InChI is InChI=1S/C17H30N4O5S/c1-4-9(2)13(18)15(23)19-10(3)14(22)20-11(8-27)16(24)21-7-5-6-12(21)17(25)26/h9-13,27H,4-8,18H2,1-3H3,(H,19,23)(H,20,22)(H,25,26). The van der Waals surface area contributed by atoms with Crippen LogP contribution < -0.4 is 16.4 Å². The lowest BCUT2D eigenvalue weighted by Crippen LogP contribution is -2.57. The Labute approximate surface area is 164 Å². The number of nitrogens with one attached hydrogen (secondary N) is 2. The van der Waals surface area contributed by atoms with Crippen molar-refractivity contribution >= 4 is 36.3 Å². The number of carboxylic acid groups (broad SMARTS) is 1. The van der Waals surface area contributed by atoms with Crippen molar-refractivity contribution < 1.29 is 24.3 Å². The van der Waals surface area contributed by atoms with Gasteiger partial charge in [0.2, 0.25) is 17.7 Å². The summed E-state index contributed by atoms with van der Waals surface area (Å²) >= 11 is 4.10. The summed E-state index contributed by atoms with van der Waals surface area (Å²) in [6.07, 6.45) is 1.70. The Morgan fingerprint density at radius 1 is 1.22 bits per heavy atom. The second-order valence-corrected chi connectivity index (χ2v) is 7.28. The van der Waals surface area contributed by atoms with Crippen LogP contribution >= 0.6 is 12.6 Å². The smallest absolute Gasteiger partial charge is 0.326 e. The number of carbonyl (C=O) groups excluding carboxylic acids is 3. The van der Waals surface area contributed by atoms with Gasteiger partial charge in [-0.1, -0.05) is 20.3 Å². The number of hydrogen-bond acceptors (Lipinski definition) is 6. The quantitative estimate of drug-likeness (QED) is 0.325. The molecule has 1 heterocycles. The van der Waals surface area contributed by atoms with Gasteiger partial charge in [0, 0.05) is 12.3 Å². The van der Waals surface area contributed by atoms with Gasteiger partial charge in [0.05, 0.1) is 6.04 Å². The molecule has 27 heavy (non-hydrogen) atoms. The Balaban J connectivity index is 2.68. The molecular weight excluding hydrogens is 372 g/mol. The maximum absolute atomic E-state index is 12.6. The minimum Gasteiger partial charge on any atom is -0.480 e. The molecule has 1 aliphatic heterocycles. The summed E-state index contributed by atoms with van der Waals surface area (Å²) in [4.78, 5) is 49.6. The van der Waals surface area contributed by atoms with E-state index in [1.54, 1.807) is 0 Å². The van der Waals surface area contributed by atoms with Crippen LogP contribution in [0.15, 0.2) is 0 Å². The van der Waals surface area contributed by atoms with Crippen molar-refractivity contribution in [1.82, 2.24) is 15.5 Å². The maximum Gasteiger partial charge on any atom is 0.326 e. The fourth-order valence-corrected chi connectivity index (χ4v) is 3.10. The molecule has 154 valence electrons. The molecule has 5 N–H and O–H groups in total. The molecule has 1 aliphatic rings. The Bertz CT molecular complexity index is 574. The number of nitrogens with two attached hydrogens (primary N) is 1. The number of rotatable bonds is 9. The highest BCUT2D eigenvalue weighted by molar-refractivity contribution is 7.80. The van der Waals surface area contributed by atoms with E-state index in [1.807, 2.05) is 13.8 Å². The minimum absolute atomic E-state index is 0.0143. The van der Waals surface area contributed by atoms with E-state index in [9.17, 15) is 24.3 Å². The molecule has 0 aromatic rings. The van der Waals surface area contributed by atoms with Gasteiger partial charge in [-0.3, -0.25) is 14.4 Å². The van der Waals surface area contributed by atoms with Gasteiger partial charge in [-0.25, -0.2) is 4.79 Å². The molecule has 0 aromatic carbocycles. The first-order valence-electron chi connectivity index (χ1n) is 9.14. The zero-order chi connectivity index (χ0) is 20.7. The molecule has 0 bridgehead atoms. The summed E-state index contributed by atoms with van der Waals surface area (Å²) in [5, 5.41) is 14.3. The first-order chi connectivity index (χ1) is 12.6. The largest absolute Gasteiger partial charge is 0.480 e. The summed E-state index contributed by atoms with van der Waals surface area (Å²) < 4.78 is 0. The van der Waals surface area contributed by atoms with E-state index in [1.165, 1.54) is 11.8 Å². The molecule has 0 aromatic heterocycles. The predicted octanol–water partition coefficient (Wildman–Crippen LogP) is -0.645. The topological polar surface area (TPSA) is 142 Å². The van der Waals surface area contributed by atoms with E-state index >= 15 is 0 Å². The van der Waals surface area contributed by atoms with Gasteiger partial charge in [-0.05, 0) is 25.7 Å². The molecule has 5 atom stereocenters. The summed E-state index contributed by atoms with van der Waals surface area (Å²) in [7, 11) is 0. The van der Waals surface area contributed by atoms with Crippen LogP contribution in [-0.2, 0) is 19.2 Å². The zero-order valence-electron chi connectivity index (χ0n) is 16.0. The third-order valence-corrected chi connectivity index (χ3v) is 5.30. The van der Waals surface area contributed by atoms with Crippen LogP contribution in [-0.4, -0.2) is 70.2 Å². The number of carboxylic acids is 1. The first kappa shape index (κ1) is 23.2. The van der Waals surface area contributed by atoms with E-state index in [0.29, 0.717) is 19.4 Å². The third-order valence-electron chi connectivity index (χ3n) is 4.93. The summed E-state index contributed by atoms with van der Waals surface area (Å²) in [5.74, 6) is -2.57. The van der Waals surface area contributed by atoms with E-state index in [2.05, 4.69) is 23.3 Å². The molecule has 3 amide bonds. The number of nitrogens with zero attached hydrogens (tertiary/aromatic N) is 1. The van der Waals surface area contributed by atoms with Crippen LogP contribution in [0.3, 0.4) is 0 Å². The van der Waals surface area contributed by atoms with Crippen LogP contribution in [0.25, 0.3) is 0 Å². The van der Waals surface area contributed by atoms with Crippen molar-refractivity contribution in [3.05, 3.63) is 0 Å². The van der Waals surface area contributed by atoms with Gasteiger partial charge in [0.15, 0.2) is 0 Å². The second-order valence-electron chi connectivity index (χ2n) is 6.91. The number of hydrogen-bond donors (Lipinski definition) is 5. The van der Waals surface area contributed by atoms with Crippen molar-refractivity contribution in [1.29, 1.82) is 0 Å². The molecular formula is C17H30N4O5S. The number of thiol groups is 1. The SMILES string of the molecule is CCC(C)C(N)C(=O)NC(C)C(=O)NC(CS)C(=O)N1CCCC1C(=O)O. The van der Waals surface area contributed by atoms with Gasteiger partial charge in [-0.15, -0.1) is 0 Å². The van der Waals surface area contributed by atoms with Crippen LogP contribution in [0, 0.1) is 5.92 Å². The van der Waals surface area contributed by atoms with Gasteiger partial charge in [-0.2, -0.15) is 12.6 Å². The summed E-state index contributed by atoms with van der Waals surface area (Å²) in [5.41, 5.74) is 5.85. The van der Waals surface area contributed by atoms with E-state index in [-0.39, 0.29) is 11.7 Å². The fraction of sp³-hybridized carbons (Fsp3) is 0.765. The van der Waals surface area contributed by atoms with Gasteiger partial charge >= 0.3 is 5.97 Å². The van der Waals surface area contributed by atoms with Crippen molar-refractivity contribution in [3.63, 3.8) is 0 Å². The molecule has 0 radical (unpaired) electrons. The molecule has 0 saturated carbocycles. The highest BCUT2D eigenvalue weighted by Gasteiger charge is 2.37. The van der Waals surface area contributed by atoms with E-state index in [0.717, 1.165) is 6.42 Å². The Hall–Kier alpha value is -1.81. The summed E-state index contributed by atoms with van der Waals surface area (Å²) in [6.45, 7) is 5.58. The molecule has 1 rings (SSSR count). The molecule has 0 aliphatic carbocycles. The fourth-order valence-electron chi connectivity index (χ4n) is 2.86. The number of likely N-dealkylation sites (tertiary alicyclic amines) is 1. The maximum atomic E-state index is 12.6. The Kier molecular flexibility index (Phi) is 9.04. The molecule has 1 fully saturated rings. The highest BCUT2D eigenvalue weighted by Crippen LogP contribution is 2.18. The van der Waals surface area contributed by atoms with E-state index in [4.69, 9.17) is 5.73 Å². The zero-order valence-corrected chi connectivity index (χ0v) is 16.9. The number of amides is 3. The van der Waals surface area contributed by atoms with Crippen molar-refractivity contribution in [2.24, 2.45) is 11.7 Å². The van der Waals surface area contributed by atoms with Crippen LogP contribution in [0.2, 0.25) is 0 Å². The number of aliphatic carboxylic acids is 1. The number of carbonyl (C=O) groups is 4. The Morgan fingerprint density at radius 3 is 2.37 bits per heavy atom. The molecule has 1 saturated heterocycles. The molecule has 10 heteroatoms. The lowest BCUT2D eigenvalue weighted by atomic mass is 9.99. The lowest BCUT2D eigenvalue weighted by Gasteiger charge is -2.27. The average Bonchev–Trinajstić information content (AvgIpc) is 3.13. The van der Waals surface area contributed by atoms with Gasteiger partial charge < -0.3 is 26.4 Å². The van der Waals surface area contributed by atoms with Crippen molar-refractivity contribution in [2.45, 2.75) is 64.2 Å². The van der Waals surface area contributed by atoms with Crippen molar-refractivity contribution in [3.8, 4) is 0 Å². The normalized spacial score (nSPS) is 21.1. The minimum atomic E-state index is -1.07. The lowest BCUT2D eigenvalue weighted by molar-refractivity contribution is -0.149. The predicted molar refractivity (Wildman–Crippen MR) is 103 cm³/mol.